The molecular weight excluding hydrogens is 465 g/mol. The van der Waals surface area contributed by atoms with Crippen LogP contribution in [0.4, 0.5) is 4.39 Å². The molecule has 0 atom stereocenters. The third kappa shape index (κ3) is 7.50. The van der Waals surface area contributed by atoms with Crippen LogP contribution in [0.5, 0.6) is 0 Å². The third-order valence-corrected chi connectivity index (χ3v) is 9.44. The second-order valence-corrected chi connectivity index (χ2v) is 12.1. The Morgan fingerprint density at radius 1 is 0.789 bits per heavy atom. The van der Waals surface area contributed by atoms with Gasteiger partial charge in [-0.25, -0.2) is 4.39 Å². The van der Waals surface area contributed by atoms with E-state index in [9.17, 15) is 9.65 Å². The predicted octanol–water partition coefficient (Wildman–Crippen LogP) is 10.4. The van der Waals surface area contributed by atoms with Crippen molar-refractivity contribution in [2.24, 2.45) is 11.3 Å². The van der Waals surface area contributed by atoms with Crippen molar-refractivity contribution in [2.75, 3.05) is 0 Å². The molecule has 1 nitrogen and oxygen atoms in total. The molecule has 0 unspecified atom stereocenters. The summed E-state index contributed by atoms with van der Waals surface area (Å²) in [5.74, 6) is 7.96. The first-order valence-corrected chi connectivity index (χ1v) is 15.4. The first-order chi connectivity index (χ1) is 18.6. The lowest BCUT2D eigenvalue weighted by Crippen LogP contribution is -2.25. The van der Waals surface area contributed by atoms with Crippen LogP contribution in [-0.2, 0) is 0 Å². The number of hydrogen-bond acceptors (Lipinski definition) is 1. The molecule has 38 heavy (non-hydrogen) atoms. The number of unbranched alkanes of at least 4 members (excludes halogenated alkanes) is 3. The molecule has 2 aromatic rings. The maximum atomic E-state index is 15.0. The summed E-state index contributed by atoms with van der Waals surface area (Å²) in [5, 5.41) is 9.76. The van der Waals surface area contributed by atoms with Crippen LogP contribution in [-0.4, -0.2) is 0 Å². The number of hydrogen-bond donors (Lipinski definition) is 0. The van der Waals surface area contributed by atoms with E-state index in [4.69, 9.17) is 0 Å². The molecule has 2 saturated carbocycles. The van der Waals surface area contributed by atoms with Gasteiger partial charge in [-0.2, -0.15) is 5.26 Å². The van der Waals surface area contributed by atoms with Crippen molar-refractivity contribution in [2.45, 2.75) is 122 Å². The Balaban J connectivity index is 1.31. The van der Waals surface area contributed by atoms with Gasteiger partial charge in [0, 0.05) is 5.56 Å². The zero-order chi connectivity index (χ0) is 26.8. The maximum Gasteiger partial charge on any atom is 0.139 e. The average Bonchev–Trinajstić information content (AvgIpc) is 2.96. The lowest BCUT2D eigenvalue weighted by Gasteiger charge is -2.35. The fraction of sp³-hybridized carbons (Fsp3) is 0.583. The Hall–Kier alpha value is -2.58. The molecule has 2 heteroatoms. The summed E-state index contributed by atoms with van der Waals surface area (Å²) < 4.78 is 15.0. The van der Waals surface area contributed by atoms with Gasteiger partial charge in [-0.1, -0.05) is 82.4 Å². The molecule has 0 heterocycles. The fourth-order valence-corrected chi connectivity index (χ4v) is 6.77. The van der Waals surface area contributed by atoms with E-state index in [0.29, 0.717) is 17.4 Å². The first kappa shape index (κ1) is 28.4. The van der Waals surface area contributed by atoms with Crippen molar-refractivity contribution in [1.82, 2.24) is 0 Å². The van der Waals surface area contributed by atoms with Gasteiger partial charge in [0.05, 0.1) is 17.0 Å². The van der Waals surface area contributed by atoms with E-state index < -0.39 is 0 Å². The number of halogens is 1. The average molecular weight is 512 g/mol. The summed E-state index contributed by atoms with van der Waals surface area (Å²) in [4.78, 5) is 0. The van der Waals surface area contributed by atoms with Crippen molar-refractivity contribution < 1.29 is 4.39 Å². The van der Waals surface area contributed by atoms with Crippen LogP contribution in [0.3, 0.4) is 0 Å². The second-order valence-electron chi connectivity index (χ2n) is 12.1. The van der Waals surface area contributed by atoms with E-state index in [2.05, 4.69) is 56.0 Å². The van der Waals surface area contributed by atoms with E-state index in [0.717, 1.165) is 62.0 Å². The van der Waals surface area contributed by atoms with Gasteiger partial charge in [0.15, 0.2) is 0 Å². The summed E-state index contributed by atoms with van der Waals surface area (Å²) in [6.07, 6.45) is 17.9. The minimum Gasteiger partial charge on any atom is -0.206 e. The van der Waals surface area contributed by atoms with E-state index in [1.54, 1.807) is 6.07 Å². The van der Waals surface area contributed by atoms with Crippen molar-refractivity contribution >= 4 is 0 Å². The molecule has 2 aliphatic carbocycles. The molecule has 0 amide bonds. The zero-order valence-corrected chi connectivity index (χ0v) is 23.7. The van der Waals surface area contributed by atoms with Crippen LogP contribution in [0, 0.1) is 40.3 Å². The van der Waals surface area contributed by atoms with E-state index in [-0.39, 0.29) is 11.2 Å². The number of benzene rings is 2. The molecule has 2 aliphatic rings. The maximum absolute atomic E-state index is 15.0. The highest BCUT2D eigenvalue weighted by Gasteiger charge is 2.35. The Labute approximate surface area is 231 Å². The summed E-state index contributed by atoms with van der Waals surface area (Å²) in [6.45, 7) is 4.46. The molecule has 2 fully saturated rings. The monoisotopic (exact) mass is 511 g/mol. The van der Waals surface area contributed by atoms with Crippen molar-refractivity contribution in [3.63, 3.8) is 0 Å². The van der Waals surface area contributed by atoms with Crippen molar-refractivity contribution in [3.05, 3.63) is 70.5 Å². The van der Waals surface area contributed by atoms with Crippen LogP contribution < -0.4 is 0 Å². The fourth-order valence-electron chi connectivity index (χ4n) is 6.77. The van der Waals surface area contributed by atoms with Gasteiger partial charge >= 0.3 is 0 Å². The molecule has 0 spiro atoms. The van der Waals surface area contributed by atoms with Crippen LogP contribution in [0.2, 0.25) is 0 Å². The van der Waals surface area contributed by atoms with Gasteiger partial charge in [-0.05, 0) is 111 Å². The SMILES string of the molecule is CCCCCC1CCC(c2ccc(C#Cc3ccc(C4CCC(C#N)(CCCC)CC4)cc3F)cc2)CC1. The van der Waals surface area contributed by atoms with Crippen molar-refractivity contribution in [1.29, 1.82) is 5.26 Å². The van der Waals surface area contributed by atoms with E-state index >= 15 is 0 Å². The predicted molar refractivity (Wildman–Crippen MR) is 156 cm³/mol. The first-order valence-electron chi connectivity index (χ1n) is 15.4. The molecule has 0 aliphatic heterocycles. The lowest BCUT2D eigenvalue weighted by molar-refractivity contribution is 0.224. The van der Waals surface area contributed by atoms with Crippen LogP contribution in [0.1, 0.15) is 144 Å². The van der Waals surface area contributed by atoms with E-state index in [1.807, 2.05) is 12.1 Å². The molecule has 0 bridgehead atoms. The molecule has 0 radical (unpaired) electrons. The van der Waals surface area contributed by atoms with Gasteiger partial charge < -0.3 is 0 Å². The summed E-state index contributed by atoms with van der Waals surface area (Å²) in [6, 6.07) is 16.9. The molecule has 0 aromatic heterocycles. The second kappa shape index (κ2) is 14.0. The smallest absolute Gasteiger partial charge is 0.139 e. The van der Waals surface area contributed by atoms with Gasteiger partial charge in [0.2, 0.25) is 0 Å². The third-order valence-electron chi connectivity index (χ3n) is 9.44. The lowest BCUT2D eigenvalue weighted by atomic mass is 9.67. The standard InChI is InChI=1S/C36H46FN/c1-3-5-7-8-28-9-14-30(15-10-28)31-16-11-29(12-17-31)13-18-33-19-20-34(26-35(33)37)32-21-24-36(27-38,25-22-32)23-6-4-2/h11-12,16-17,19-20,26,28,30,32H,3-10,14-15,21-25H2,1-2H3. The topological polar surface area (TPSA) is 23.8 Å². The number of rotatable bonds is 9. The Bertz CT molecular complexity index is 1110. The highest BCUT2D eigenvalue weighted by molar-refractivity contribution is 5.45. The number of nitrogens with zero attached hydrogens (tertiary/aromatic N) is 1. The van der Waals surface area contributed by atoms with Crippen LogP contribution in [0.25, 0.3) is 0 Å². The minimum absolute atomic E-state index is 0.167. The molecule has 4 rings (SSSR count). The Morgan fingerprint density at radius 3 is 2.08 bits per heavy atom. The van der Waals surface area contributed by atoms with Crippen molar-refractivity contribution in [3.8, 4) is 17.9 Å². The molecule has 202 valence electrons. The molecule has 2 aromatic carbocycles. The van der Waals surface area contributed by atoms with Gasteiger partial charge in [-0.15, -0.1) is 0 Å². The molecule has 0 N–H and O–H groups in total. The Kier molecular flexibility index (Phi) is 10.5. The highest BCUT2D eigenvalue weighted by Crippen LogP contribution is 2.45. The van der Waals surface area contributed by atoms with Gasteiger partial charge in [-0.3, -0.25) is 0 Å². The highest BCUT2D eigenvalue weighted by atomic mass is 19.1. The van der Waals surface area contributed by atoms with Crippen LogP contribution in [0.15, 0.2) is 42.5 Å². The van der Waals surface area contributed by atoms with Gasteiger partial charge in [0.25, 0.3) is 0 Å². The molecular formula is C36H46FN. The van der Waals surface area contributed by atoms with Gasteiger partial charge in [0.1, 0.15) is 5.82 Å². The zero-order valence-electron chi connectivity index (χ0n) is 23.7. The number of nitriles is 1. The molecule has 0 saturated heterocycles. The largest absolute Gasteiger partial charge is 0.206 e. The minimum atomic E-state index is -0.231. The summed E-state index contributed by atoms with van der Waals surface area (Å²) in [5.41, 5.74) is 3.72. The van der Waals surface area contributed by atoms with E-state index in [1.165, 1.54) is 56.9 Å². The van der Waals surface area contributed by atoms with Crippen LogP contribution >= 0.6 is 0 Å². The Morgan fingerprint density at radius 2 is 1.45 bits per heavy atom. The normalized spacial score (nSPS) is 25.3. The summed E-state index contributed by atoms with van der Waals surface area (Å²) >= 11 is 0. The quantitative estimate of drug-likeness (QED) is 0.243. The summed E-state index contributed by atoms with van der Waals surface area (Å²) in [7, 11) is 0.